The fourth-order valence-electron chi connectivity index (χ4n) is 3.35. The molecule has 0 bridgehead atoms. The Kier molecular flexibility index (Phi) is 4.41. The molecule has 1 saturated carbocycles. The van der Waals surface area contributed by atoms with Crippen molar-refractivity contribution < 1.29 is 0 Å². The number of nitrogens with one attached hydrogen (secondary N) is 2. The third kappa shape index (κ3) is 3.54. The van der Waals surface area contributed by atoms with Crippen molar-refractivity contribution in [2.24, 2.45) is 5.92 Å². The maximum Gasteiger partial charge on any atom is 0.231 e. The zero-order valence-electron chi connectivity index (χ0n) is 13.1. The Labute approximate surface area is 126 Å². The molecule has 0 amide bonds. The average molecular weight is 290 g/mol. The van der Waals surface area contributed by atoms with Gasteiger partial charge in [-0.05, 0) is 31.6 Å². The summed E-state index contributed by atoms with van der Waals surface area (Å²) in [6, 6.07) is 0.493. The molecule has 2 aliphatic rings. The van der Waals surface area contributed by atoms with Crippen LogP contribution in [0.2, 0.25) is 0 Å². The lowest BCUT2D eigenvalue weighted by Crippen LogP contribution is -2.28. The van der Waals surface area contributed by atoms with Crippen molar-refractivity contribution in [3.8, 4) is 0 Å². The van der Waals surface area contributed by atoms with Gasteiger partial charge in [0.15, 0.2) is 0 Å². The van der Waals surface area contributed by atoms with Crippen molar-refractivity contribution >= 4 is 17.8 Å². The summed E-state index contributed by atoms with van der Waals surface area (Å²) in [4.78, 5) is 15.8. The highest BCUT2D eigenvalue weighted by Gasteiger charge is 2.21. The summed E-state index contributed by atoms with van der Waals surface area (Å²) in [5.74, 6) is 2.96. The monoisotopic (exact) mass is 290 g/mol. The minimum absolute atomic E-state index is 0.493. The van der Waals surface area contributed by atoms with Gasteiger partial charge in [-0.1, -0.05) is 19.8 Å². The summed E-state index contributed by atoms with van der Waals surface area (Å²) in [7, 11) is 1.86. The smallest absolute Gasteiger partial charge is 0.231 e. The van der Waals surface area contributed by atoms with Crippen molar-refractivity contribution in [3.05, 3.63) is 0 Å². The van der Waals surface area contributed by atoms with E-state index in [0.29, 0.717) is 12.0 Å². The normalized spacial score (nSPS) is 25.9. The average Bonchev–Trinajstić information content (AvgIpc) is 3.01. The van der Waals surface area contributed by atoms with E-state index in [0.717, 1.165) is 30.9 Å². The molecule has 21 heavy (non-hydrogen) atoms. The van der Waals surface area contributed by atoms with E-state index in [1.807, 2.05) is 7.05 Å². The summed E-state index contributed by atoms with van der Waals surface area (Å²) in [5, 5.41) is 6.57. The van der Waals surface area contributed by atoms with Gasteiger partial charge in [-0.15, -0.1) is 0 Å². The standard InChI is InChI=1S/C15H26N6/c1-11-6-5-7-12(10-11)17-14-18-13(16-2)19-15(20-14)21-8-3-4-9-21/h11-12H,3-10H2,1-2H3,(H2,16,17,18,19,20). The lowest BCUT2D eigenvalue weighted by molar-refractivity contribution is 0.357. The quantitative estimate of drug-likeness (QED) is 0.888. The minimum atomic E-state index is 0.493. The number of aromatic nitrogens is 3. The molecule has 3 rings (SSSR count). The van der Waals surface area contributed by atoms with Crippen LogP contribution in [0.4, 0.5) is 17.8 Å². The van der Waals surface area contributed by atoms with Crippen LogP contribution in [0.3, 0.4) is 0 Å². The van der Waals surface area contributed by atoms with Crippen molar-refractivity contribution in [1.29, 1.82) is 0 Å². The first kappa shape index (κ1) is 14.4. The van der Waals surface area contributed by atoms with Gasteiger partial charge in [-0.3, -0.25) is 0 Å². The fraction of sp³-hybridized carbons (Fsp3) is 0.800. The number of hydrogen-bond donors (Lipinski definition) is 2. The summed E-state index contributed by atoms with van der Waals surface area (Å²) in [5.41, 5.74) is 0. The molecule has 6 heteroatoms. The molecule has 1 saturated heterocycles. The lowest BCUT2D eigenvalue weighted by Gasteiger charge is -2.27. The Morgan fingerprint density at radius 3 is 2.48 bits per heavy atom. The number of anilines is 3. The predicted octanol–water partition coefficient (Wildman–Crippen LogP) is 2.50. The second-order valence-corrected chi connectivity index (χ2v) is 6.34. The highest BCUT2D eigenvalue weighted by Crippen LogP contribution is 2.26. The third-order valence-corrected chi connectivity index (χ3v) is 4.51. The van der Waals surface area contributed by atoms with Crippen LogP contribution in [0.25, 0.3) is 0 Å². The van der Waals surface area contributed by atoms with Crippen LogP contribution in [-0.4, -0.2) is 41.1 Å². The SMILES string of the molecule is CNc1nc(NC2CCCC(C)C2)nc(N2CCCC2)n1. The van der Waals surface area contributed by atoms with Crippen LogP contribution in [0.5, 0.6) is 0 Å². The van der Waals surface area contributed by atoms with E-state index in [1.165, 1.54) is 38.5 Å². The van der Waals surface area contributed by atoms with Crippen molar-refractivity contribution in [2.75, 3.05) is 35.7 Å². The Bertz CT molecular complexity index is 471. The van der Waals surface area contributed by atoms with Crippen molar-refractivity contribution in [1.82, 2.24) is 15.0 Å². The van der Waals surface area contributed by atoms with E-state index < -0.39 is 0 Å². The van der Waals surface area contributed by atoms with Gasteiger partial charge in [0.05, 0.1) is 0 Å². The van der Waals surface area contributed by atoms with Crippen LogP contribution in [0.1, 0.15) is 45.4 Å². The van der Waals surface area contributed by atoms with Gasteiger partial charge in [-0.25, -0.2) is 0 Å². The summed E-state index contributed by atoms with van der Waals surface area (Å²) in [6.07, 6.45) is 7.51. The molecular formula is C15H26N6. The molecular weight excluding hydrogens is 264 g/mol. The van der Waals surface area contributed by atoms with Crippen LogP contribution < -0.4 is 15.5 Å². The lowest BCUT2D eigenvalue weighted by atomic mass is 9.87. The molecule has 1 aromatic rings. The first-order chi connectivity index (χ1) is 10.2. The number of rotatable bonds is 4. The molecule has 6 nitrogen and oxygen atoms in total. The number of nitrogens with zero attached hydrogens (tertiary/aromatic N) is 4. The van der Waals surface area contributed by atoms with Crippen molar-refractivity contribution in [3.63, 3.8) is 0 Å². The van der Waals surface area contributed by atoms with Gasteiger partial charge in [-0.2, -0.15) is 15.0 Å². The van der Waals surface area contributed by atoms with E-state index in [9.17, 15) is 0 Å². The molecule has 116 valence electrons. The molecule has 2 atom stereocenters. The van der Waals surface area contributed by atoms with E-state index in [4.69, 9.17) is 0 Å². The van der Waals surface area contributed by atoms with Crippen LogP contribution in [0, 0.1) is 5.92 Å². The minimum Gasteiger partial charge on any atom is -0.357 e. The number of hydrogen-bond acceptors (Lipinski definition) is 6. The Hall–Kier alpha value is -1.59. The second kappa shape index (κ2) is 6.45. The maximum absolute atomic E-state index is 4.64. The molecule has 0 aromatic carbocycles. The molecule has 1 aliphatic carbocycles. The molecule has 2 N–H and O–H groups in total. The third-order valence-electron chi connectivity index (χ3n) is 4.51. The van der Waals surface area contributed by atoms with Gasteiger partial charge in [0.1, 0.15) is 0 Å². The highest BCUT2D eigenvalue weighted by atomic mass is 15.3. The van der Waals surface area contributed by atoms with Crippen LogP contribution in [-0.2, 0) is 0 Å². The summed E-state index contributed by atoms with van der Waals surface area (Å²) < 4.78 is 0. The van der Waals surface area contributed by atoms with Gasteiger partial charge < -0.3 is 15.5 Å². The summed E-state index contributed by atoms with van der Waals surface area (Å²) >= 11 is 0. The Morgan fingerprint density at radius 1 is 1.00 bits per heavy atom. The molecule has 2 unspecified atom stereocenters. The maximum atomic E-state index is 4.64. The Morgan fingerprint density at radius 2 is 1.76 bits per heavy atom. The zero-order chi connectivity index (χ0) is 14.7. The zero-order valence-corrected chi connectivity index (χ0v) is 13.1. The van der Waals surface area contributed by atoms with Crippen LogP contribution >= 0.6 is 0 Å². The Balaban J connectivity index is 1.75. The van der Waals surface area contributed by atoms with Crippen LogP contribution in [0.15, 0.2) is 0 Å². The topological polar surface area (TPSA) is 66.0 Å². The van der Waals surface area contributed by atoms with Gasteiger partial charge in [0, 0.05) is 26.2 Å². The second-order valence-electron chi connectivity index (χ2n) is 6.34. The van der Waals surface area contributed by atoms with Crippen molar-refractivity contribution in [2.45, 2.75) is 51.5 Å². The molecule has 1 aromatic heterocycles. The molecule has 2 fully saturated rings. The molecule has 1 aliphatic heterocycles. The molecule has 0 spiro atoms. The van der Waals surface area contributed by atoms with E-state index >= 15 is 0 Å². The molecule has 0 radical (unpaired) electrons. The highest BCUT2D eigenvalue weighted by molar-refractivity contribution is 5.44. The van der Waals surface area contributed by atoms with Gasteiger partial charge in [0.25, 0.3) is 0 Å². The van der Waals surface area contributed by atoms with E-state index in [2.05, 4.69) is 37.4 Å². The van der Waals surface area contributed by atoms with Gasteiger partial charge >= 0.3 is 0 Å². The fourth-order valence-corrected chi connectivity index (χ4v) is 3.35. The van der Waals surface area contributed by atoms with Gasteiger partial charge in [0.2, 0.25) is 17.8 Å². The van der Waals surface area contributed by atoms with E-state index in [-0.39, 0.29) is 0 Å². The summed E-state index contributed by atoms with van der Waals surface area (Å²) in [6.45, 7) is 4.43. The molecule has 2 heterocycles. The first-order valence-corrected chi connectivity index (χ1v) is 8.20. The predicted molar refractivity (Wildman–Crippen MR) is 85.9 cm³/mol. The largest absolute Gasteiger partial charge is 0.357 e. The first-order valence-electron chi connectivity index (χ1n) is 8.20. The van der Waals surface area contributed by atoms with E-state index in [1.54, 1.807) is 0 Å².